The van der Waals surface area contributed by atoms with Crippen molar-refractivity contribution in [3.63, 3.8) is 0 Å². The van der Waals surface area contributed by atoms with Crippen LogP contribution in [0.15, 0.2) is 93.8 Å². The van der Waals surface area contributed by atoms with Gasteiger partial charge in [0.2, 0.25) is 12.3 Å². The molecule has 0 aliphatic rings. The standard InChI is InChI=1S/C25H20N14O4/c1-15(2)18-9-8-16(3)11-19(18)23-20(40)12-17(22(24(23)41)25(42)27-13-21-30-29-14-43-21)7-5-4-6-10-28-32-34-36-38-39-37-35-33-31-26/h8-12,14,26,40-41H,1,13H2,2-3H3,(H,27,42)/b28-10+,31-26?,34-32+,35-33+,38-36+,39-37+. The minimum atomic E-state index is -0.719. The average molecular weight is 581 g/mol. The van der Waals surface area contributed by atoms with Gasteiger partial charge in [-0.05, 0) is 95.8 Å². The lowest BCUT2D eigenvalue weighted by Gasteiger charge is -2.17. The van der Waals surface area contributed by atoms with Crippen molar-refractivity contribution < 1.29 is 19.4 Å². The predicted octanol–water partition coefficient (Wildman–Crippen LogP) is 5.26. The third-order valence-electron chi connectivity index (χ3n) is 5.05. The average Bonchev–Trinajstić information content (AvgIpc) is 3.50. The zero-order valence-electron chi connectivity index (χ0n) is 22.5. The minimum absolute atomic E-state index is 0.0114. The molecule has 1 amide bonds. The van der Waals surface area contributed by atoms with Crippen molar-refractivity contribution in [2.45, 2.75) is 20.4 Å². The number of nitrogens with zero attached hydrogens (tertiary/aromatic N) is 12. The molecule has 0 radical (unpaired) electrons. The number of aromatic nitrogens is 2. The molecule has 0 fully saturated rings. The second-order valence-corrected chi connectivity index (χ2v) is 7.97. The van der Waals surface area contributed by atoms with Gasteiger partial charge in [-0.1, -0.05) is 41.8 Å². The highest BCUT2D eigenvalue weighted by Crippen LogP contribution is 2.44. The van der Waals surface area contributed by atoms with Gasteiger partial charge in [0.15, 0.2) is 0 Å². The minimum Gasteiger partial charge on any atom is -0.507 e. The van der Waals surface area contributed by atoms with Gasteiger partial charge in [-0.25, -0.2) is 0 Å². The maximum Gasteiger partial charge on any atom is 0.256 e. The number of aromatic hydroxyl groups is 2. The first-order chi connectivity index (χ1) is 20.8. The monoisotopic (exact) mass is 580 g/mol. The molecular formula is C25H20N14O4. The van der Waals surface area contributed by atoms with Crippen LogP contribution in [0.4, 0.5) is 0 Å². The molecule has 0 spiro atoms. The van der Waals surface area contributed by atoms with E-state index in [1.165, 1.54) is 6.07 Å². The van der Waals surface area contributed by atoms with Crippen LogP contribution >= 0.6 is 0 Å². The van der Waals surface area contributed by atoms with Gasteiger partial charge in [0, 0.05) is 5.56 Å². The molecule has 1 aromatic heterocycles. The molecule has 0 atom stereocenters. The van der Waals surface area contributed by atoms with E-state index in [2.05, 4.69) is 97.9 Å². The molecule has 43 heavy (non-hydrogen) atoms. The fourth-order valence-electron chi connectivity index (χ4n) is 3.38. The van der Waals surface area contributed by atoms with Gasteiger partial charge in [0.05, 0.1) is 17.7 Å². The van der Waals surface area contributed by atoms with E-state index in [9.17, 15) is 15.0 Å². The number of amides is 1. The lowest BCUT2D eigenvalue weighted by molar-refractivity contribution is 0.0944. The quantitative estimate of drug-likeness (QED) is 0.107. The highest BCUT2D eigenvalue weighted by Gasteiger charge is 2.25. The molecule has 0 saturated carbocycles. The number of hydrogen-bond donors (Lipinski definition) is 4. The van der Waals surface area contributed by atoms with Crippen LogP contribution in [-0.4, -0.2) is 32.5 Å². The van der Waals surface area contributed by atoms with Gasteiger partial charge in [0.1, 0.15) is 17.7 Å². The Labute approximate surface area is 242 Å². The number of nitrogens with one attached hydrogen (secondary N) is 2. The second-order valence-electron chi connectivity index (χ2n) is 7.97. The predicted molar refractivity (Wildman–Crippen MR) is 148 cm³/mol. The van der Waals surface area contributed by atoms with Crippen molar-refractivity contribution in [3.05, 3.63) is 65.4 Å². The Hall–Kier alpha value is -6.82. The van der Waals surface area contributed by atoms with Crippen LogP contribution in [0.5, 0.6) is 11.5 Å². The summed E-state index contributed by atoms with van der Waals surface area (Å²) in [6, 6.07) is 6.70. The van der Waals surface area contributed by atoms with Gasteiger partial charge in [-0.3, -0.25) is 4.79 Å². The van der Waals surface area contributed by atoms with Crippen LogP contribution in [-0.2, 0) is 6.54 Å². The molecule has 214 valence electrons. The lowest BCUT2D eigenvalue weighted by Crippen LogP contribution is -2.24. The summed E-state index contributed by atoms with van der Waals surface area (Å²) in [5, 5.41) is 62.6. The summed E-state index contributed by atoms with van der Waals surface area (Å²) >= 11 is 0. The van der Waals surface area contributed by atoms with Crippen molar-refractivity contribution in [1.29, 1.82) is 5.53 Å². The number of allylic oxidation sites excluding steroid dienone is 1. The van der Waals surface area contributed by atoms with Gasteiger partial charge in [0.25, 0.3) is 5.91 Å². The number of rotatable bonds is 10. The number of aryl methyl sites for hydroxylation is 1. The number of phenols is 2. The van der Waals surface area contributed by atoms with Crippen LogP contribution in [0.1, 0.15) is 39.9 Å². The maximum absolute atomic E-state index is 13.3. The third-order valence-corrected chi connectivity index (χ3v) is 5.05. The van der Waals surface area contributed by atoms with E-state index >= 15 is 0 Å². The molecule has 0 unspecified atom stereocenters. The molecule has 18 heteroatoms. The number of benzene rings is 2. The zero-order chi connectivity index (χ0) is 31.0. The Morgan fingerprint density at radius 1 is 1.09 bits per heavy atom. The molecule has 0 aliphatic heterocycles. The lowest BCUT2D eigenvalue weighted by atomic mass is 9.90. The molecule has 0 aliphatic carbocycles. The Morgan fingerprint density at radius 2 is 1.81 bits per heavy atom. The summed E-state index contributed by atoms with van der Waals surface area (Å²) in [4.78, 5) is 13.3. The number of carbonyl (C=O) groups excluding carboxylic acids is 1. The van der Waals surface area contributed by atoms with Crippen LogP contribution in [0.3, 0.4) is 0 Å². The third kappa shape index (κ3) is 8.84. The first kappa shape index (κ1) is 30.7. The molecule has 0 bridgehead atoms. The summed E-state index contributed by atoms with van der Waals surface area (Å²) in [6.07, 6.45) is 2.16. The summed E-state index contributed by atoms with van der Waals surface area (Å²) in [7, 11) is 0. The number of carbonyl (C=O) groups is 1. The van der Waals surface area contributed by atoms with Crippen molar-refractivity contribution in [1.82, 2.24) is 15.5 Å². The first-order valence-electron chi connectivity index (χ1n) is 11.7. The van der Waals surface area contributed by atoms with Gasteiger partial charge < -0.3 is 19.9 Å². The van der Waals surface area contributed by atoms with E-state index in [0.29, 0.717) is 16.7 Å². The molecule has 0 saturated heterocycles. The largest absolute Gasteiger partial charge is 0.507 e. The van der Waals surface area contributed by atoms with Crippen LogP contribution in [0, 0.1) is 36.1 Å². The molecule has 3 rings (SSSR count). The fourth-order valence-corrected chi connectivity index (χ4v) is 3.38. The van der Waals surface area contributed by atoms with E-state index in [0.717, 1.165) is 18.2 Å². The molecule has 3 aromatic rings. The van der Waals surface area contributed by atoms with Crippen LogP contribution < -0.4 is 5.32 Å². The topological polar surface area (TPSA) is 256 Å². The Morgan fingerprint density at radius 3 is 2.49 bits per heavy atom. The normalized spacial score (nSPS) is 11.2. The van der Waals surface area contributed by atoms with E-state index < -0.39 is 11.7 Å². The van der Waals surface area contributed by atoms with E-state index in [-0.39, 0.29) is 34.9 Å². The van der Waals surface area contributed by atoms with Crippen molar-refractivity contribution in [2.24, 2.45) is 52.1 Å². The van der Waals surface area contributed by atoms with Gasteiger partial charge in [-0.15, -0.1) is 15.3 Å². The number of phenolic OH excluding ortho intramolecular Hbond substituents is 2. The van der Waals surface area contributed by atoms with E-state index in [1.54, 1.807) is 13.0 Å². The molecule has 1 heterocycles. The Balaban J connectivity index is 1.92. The molecule has 2 aromatic carbocycles. The van der Waals surface area contributed by atoms with E-state index in [4.69, 9.17) is 9.95 Å². The van der Waals surface area contributed by atoms with Crippen molar-refractivity contribution >= 4 is 17.7 Å². The summed E-state index contributed by atoms with van der Waals surface area (Å²) in [5.74, 6) is 8.70. The fraction of sp³-hybridized carbons (Fsp3) is 0.120. The van der Waals surface area contributed by atoms with Crippen molar-refractivity contribution in [2.75, 3.05) is 0 Å². The molecule has 4 N–H and O–H groups in total. The first-order valence-corrected chi connectivity index (χ1v) is 11.7. The molecular weight excluding hydrogens is 560 g/mol. The Kier molecular flexibility index (Phi) is 11.2. The Bertz CT molecular complexity index is 1790. The smallest absolute Gasteiger partial charge is 0.256 e. The molecule has 18 nitrogen and oxygen atoms in total. The second kappa shape index (κ2) is 15.7. The summed E-state index contributed by atoms with van der Waals surface area (Å²) in [5.41, 5.74) is 8.84. The van der Waals surface area contributed by atoms with Crippen molar-refractivity contribution in [3.8, 4) is 46.3 Å². The van der Waals surface area contributed by atoms with Gasteiger partial charge in [-0.2, -0.15) is 5.53 Å². The maximum atomic E-state index is 13.3. The summed E-state index contributed by atoms with van der Waals surface area (Å²) in [6.45, 7) is 7.49. The zero-order valence-corrected chi connectivity index (χ0v) is 22.5. The summed E-state index contributed by atoms with van der Waals surface area (Å²) < 4.78 is 5.05. The van der Waals surface area contributed by atoms with Crippen LogP contribution in [0.2, 0.25) is 0 Å². The van der Waals surface area contributed by atoms with E-state index in [1.807, 2.05) is 19.1 Å². The highest BCUT2D eigenvalue weighted by molar-refractivity contribution is 6.03. The van der Waals surface area contributed by atoms with Crippen LogP contribution in [0.25, 0.3) is 16.7 Å². The highest BCUT2D eigenvalue weighted by atomic mass is 16.4. The van der Waals surface area contributed by atoms with Gasteiger partial charge >= 0.3 is 0 Å². The number of hydrogen-bond acceptors (Lipinski definition) is 8. The SMILES string of the molecule is C=C(C)c1ccc(C)cc1-c1c(O)cc(C#CC#C/C=N/N=N/N=N/N=N/N=N/N=N)c(C(=O)NCc2nnco2)c1O.